The number of piperazine rings is 1. The molecule has 140 valence electrons. The molecular weight excluding hydrogens is 332 g/mol. The Kier molecular flexibility index (Phi) is 5.46. The average molecular weight is 358 g/mol. The van der Waals surface area contributed by atoms with Crippen LogP contribution in [0.4, 0.5) is 5.82 Å². The number of amides is 1. The standard InChI is InChI=1S/C17H26N8O/c1-12(2)16(18)17-21-13(3)22-25(17)11-15(26)24-8-6-23(7-9-24)14-10-19-4-5-20-14/h4-5,10,12,16H,6-9,11,18H2,1-3H3. The average Bonchev–Trinajstić information content (AvgIpc) is 3.01. The van der Waals surface area contributed by atoms with Crippen LogP contribution in [-0.2, 0) is 11.3 Å². The molecule has 0 saturated carbocycles. The third-order valence-corrected chi connectivity index (χ3v) is 4.61. The van der Waals surface area contributed by atoms with Crippen LogP contribution in [0.1, 0.15) is 31.5 Å². The molecule has 0 spiro atoms. The summed E-state index contributed by atoms with van der Waals surface area (Å²) in [6.07, 6.45) is 5.08. The molecule has 1 aliphatic heterocycles. The Morgan fingerprint density at radius 2 is 1.96 bits per heavy atom. The number of rotatable bonds is 5. The molecule has 0 aromatic carbocycles. The highest BCUT2D eigenvalue weighted by atomic mass is 16.2. The zero-order valence-electron chi connectivity index (χ0n) is 15.5. The molecule has 2 aromatic heterocycles. The van der Waals surface area contributed by atoms with E-state index in [1.54, 1.807) is 23.3 Å². The maximum Gasteiger partial charge on any atom is 0.244 e. The van der Waals surface area contributed by atoms with Crippen molar-refractivity contribution in [2.45, 2.75) is 33.4 Å². The fourth-order valence-electron chi connectivity index (χ4n) is 3.00. The molecule has 1 atom stereocenters. The predicted octanol–water partition coefficient (Wildman–Crippen LogP) is 0.381. The summed E-state index contributed by atoms with van der Waals surface area (Å²) in [5.41, 5.74) is 6.22. The number of aromatic nitrogens is 5. The Labute approximate surface area is 153 Å². The van der Waals surface area contributed by atoms with E-state index in [1.807, 2.05) is 25.7 Å². The van der Waals surface area contributed by atoms with E-state index in [4.69, 9.17) is 5.73 Å². The smallest absolute Gasteiger partial charge is 0.244 e. The van der Waals surface area contributed by atoms with Crippen LogP contribution in [-0.4, -0.2) is 61.7 Å². The van der Waals surface area contributed by atoms with Gasteiger partial charge in [-0.1, -0.05) is 13.8 Å². The summed E-state index contributed by atoms with van der Waals surface area (Å²) < 4.78 is 1.65. The van der Waals surface area contributed by atoms with Gasteiger partial charge in [-0.2, -0.15) is 5.10 Å². The molecule has 0 aliphatic carbocycles. The first kappa shape index (κ1) is 18.2. The molecule has 1 fully saturated rings. The molecule has 2 N–H and O–H groups in total. The van der Waals surface area contributed by atoms with Crippen LogP contribution in [0, 0.1) is 12.8 Å². The molecule has 1 saturated heterocycles. The highest BCUT2D eigenvalue weighted by Crippen LogP contribution is 2.18. The molecule has 3 heterocycles. The topological polar surface area (TPSA) is 106 Å². The summed E-state index contributed by atoms with van der Waals surface area (Å²) in [4.78, 5) is 29.5. The van der Waals surface area contributed by atoms with E-state index in [0.29, 0.717) is 24.7 Å². The van der Waals surface area contributed by atoms with Gasteiger partial charge >= 0.3 is 0 Å². The summed E-state index contributed by atoms with van der Waals surface area (Å²) >= 11 is 0. The van der Waals surface area contributed by atoms with Crippen molar-refractivity contribution in [3.8, 4) is 0 Å². The molecule has 1 aliphatic rings. The van der Waals surface area contributed by atoms with Gasteiger partial charge < -0.3 is 15.5 Å². The van der Waals surface area contributed by atoms with E-state index in [9.17, 15) is 4.79 Å². The van der Waals surface area contributed by atoms with Gasteiger partial charge in [0.15, 0.2) is 0 Å². The second-order valence-electron chi connectivity index (χ2n) is 6.88. The molecule has 9 heteroatoms. The van der Waals surface area contributed by atoms with Gasteiger partial charge in [0, 0.05) is 38.6 Å². The molecule has 2 aromatic rings. The van der Waals surface area contributed by atoms with Crippen LogP contribution < -0.4 is 10.6 Å². The van der Waals surface area contributed by atoms with Gasteiger partial charge in [0.25, 0.3) is 0 Å². The number of hydrogen-bond acceptors (Lipinski definition) is 7. The van der Waals surface area contributed by atoms with Gasteiger partial charge in [0.05, 0.1) is 12.2 Å². The number of nitrogens with zero attached hydrogens (tertiary/aromatic N) is 7. The third kappa shape index (κ3) is 3.98. The van der Waals surface area contributed by atoms with Crippen LogP contribution in [0.2, 0.25) is 0 Å². The Hall–Kier alpha value is -2.55. The minimum absolute atomic E-state index is 0.0332. The maximum atomic E-state index is 12.7. The van der Waals surface area contributed by atoms with Crippen LogP contribution in [0.25, 0.3) is 0 Å². The number of anilines is 1. The number of aryl methyl sites for hydroxylation is 1. The normalized spacial score (nSPS) is 16.2. The van der Waals surface area contributed by atoms with Gasteiger partial charge in [0.1, 0.15) is 24.0 Å². The number of nitrogens with two attached hydrogens (primary N) is 1. The lowest BCUT2D eigenvalue weighted by Gasteiger charge is -2.35. The zero-order chi connectivity index (χ0) is 18.7. The molecule has 1 amide bonds. The van der Waals surface area contributed by atoms with E-state index in [0.717, 1.165) is 18.9 Å². The first-order valence-electron chi connectivity index (χ1n) is 8.91. The molecule has 3 rings (SSSR count). The van der Waals surface area contributed by atoms with Gasteiger partial charge in [-0.25, -0.2) is 14.6 Å². The van der Waals surface area contributed by atoms with E-state index in [2.05, 4.69) is 25.0 Å². The van der Waals surface area contributed by atoms with Crippen molar-refractivity contribution in [3.05, 3.63) is 30.2 Å². The molecule has 1 unspecified atom stereocenters. The first-order chi connectivity index (χ1) is 12.5. The lowest BCUT2D eigenvalue weighted by Crippen LogP contribution is -2.50. The summed E-state index contributed by atoms with van der Waals surface area (Å²) in [6, 6.07) is -0.238. The Balaban J connectivity index is 1.62. The van der Waals surface area contributed by atoms with Gasteiger partial charge in [0.2, 0.25) is 5.91 Å². The van der Waals surface area contributed by atoms with E-state index < -0.39 is 0 Å². The second kappa shape index (κ2) is 7.77. The third-order valence-electron chi connectivity index (χ3n) is 4.61. The quantitative estimate of drug-likeness (QED) is 0.823. The zero-order valence-corrected chi connectivity index (χ0v) is 15.5. The summed E-state index contributed by atoms with van der Waals surface area (Å²) in [6.45, 7) is 8.82. The van der Waals surface area contributed by atoms with Gasteiger partial charge in [-0.05, 0) is 12.8 Å². The minimum atomic E-state index is -0.238. The van der Waals surface area contributed by atoms with E-state index in [1.165, 1.54) is 0 Å². The lowest BCUT2D eigenvalue weighted by atomic mass is 10.1. The molecule has 9 nitrogen and oxygen atoms in total. The Bertz CT molecular complexity index is 736. The maximum absolute atomic E-state index is 12.7. The second-order valence-corrected chi connectivity index (χ2v) is 6.88. The highest BCUT2D eigenvalue weighted by Gasteiger charge is 2.25. The molecule has 26 heavy (non-hydrogen) atoms. The van der Waals surface area contributed by atoms with Crippen molar-refractivity contribution < 1.29 is 4.79 Å². The number of hydrogen-bond donors (Lipinski definition) is 1. The van der Waals surface area contributed by atoms with Crippen molar-refractivity contribution in [1.82, 2.24) is 29.6 Å². The minimum Gasteiger partial charge on any atom is -0.352 e. The van der Waals surface area contributed by atoms with Crippen LogP contribution >= 0.6 is 0 Å². The van der Waals surface area contributed by atoms with Gasteiger partial charge in [-0.15, -0.1) is 0 Å². The molecule has 0 radical (unpaired) electrons. The fraction of sp³-hybridized carbons (Fsp3) is 0.588. The van der Waals surface area contributed by atoms with Crippen LogP contribution in [0.3, 0.4) is 0 Å². The van der Waals surface area contributed by atoms with Crippen molar-refractivity contribution in [2.75, 3.05) is 31.1 Å². The summed E-state index contributed by atoms with van der Waals surface area (Å²) in [5, 5.41) is 4.36. The SMILES string of the molecule is Cc1nc(C(N)C(C)C)n(CC(=O)N2CCN(c3cnccn3)CC2)n1. The summed E-state index contributed by atoms with van der Waals surface area (Å²) in [5.74, 6) is 2.41. The highest BCUT2D eigenvalue weighted by molar-refractivity contribution is 5.76. The van der Waals surface area contributed by atoms with Crippen molar-refractivity contribution in [3.63, 3.8) is 0 Å². The summed E-state index contributed by atoms with van der Waals surface area (Å²) in [7, 11) is 0. The van der Waals surface area contributed by atoms with Crippen LogP contribution in [0.5, 0.6) is 0 Å². The van der Waals surface area contributed by atoms with E-state index in [-0.39, 0.29) is 24.4 Å². The van der Waals surface area contributed by atoms with Crippen molar-refractivity contribution in [2.24, 2.45) is 11.7 Å². The molecular formula is C17H26N8O. The van der Waals surface area contributed by atoms with Crippen LogP contribution in [0.15, 0.2) is 18.6 Å². The Morgan fingerprint density at radius 1 is 1.23 bits per heavy atom. The van der Waals surface area contributed by atoms with E-state index >= 15 is 0 Å². The Morgan fingerprint density at radius 3 is 2.58 bits per heavy atom. The largest absolute Gasteiger partial charge is 0.352 e. The van der Waals surface area contributed by atoms with Crippen molar-refractivity contribution >= 4 is 11.7 Å². The first-order valence-corrected chi connectivity index (χ1v) is 8.91. The lowest BCUT2D eigenvalue weighted by molar-refractivity contribution is -0.132. The number of carbonyl (C=O) groups excluding carboxylic acids is 1. The fourth-order valence-corrected chi connectivity index (χ4v) is 3.00. The number of carbonyl (C=O) groups is 1. The van der Waals surface area contributed by atoms with Crippen molar-refractivity contribution in [1.29, 1.82) is 0 Å². The molecule has 0 bridgehead atoms. The monoisotopic (exact) mass is 358 g/mol. The predicted molar refractivity (Wildman–Crippen MR) is 97.4 cm³/mol. The van der Waals surface area contributed by atoms with Gasteiger partial charge in [-0.3, -0.25) is 9.78 Å².